The fourth-order valence-corrected chi connectivity index (χ4v) is 4.76. The lowest BCUT2D eigenvalue weighted by molar-refractivity contribution is -0.118. The monoisotopic (exact) mass is 409 g/mol. The Hall–Kier alpha value is -3.10. The Labute approximate surface area is 168 Å². The van der Waals surface area contributed by atoms with Crippen molar-refractivity contribution in [2.24, 2.45) is 5.73 Å². The highest BCUT2D eigenvalue weighted by Crippen LogP contribution is 2.25. The van der Waals surface area contributed by atoms with Gasteiger partial charge in [0.2, 0.25) is 5.91 Å². The number of fused-ring (bicyclic) bond motifs is 3. The minimum absolute atomic E-state index is 0.215. The summed E-state index contributed by atoms with van der Waals surface area (Å²) >= 11 is 6.61. The fourth-order valence-electron chi connectivity index (χ4n) is 3.24. The van der Waals surface area contributed by atoms with E-state index in [1.54, 1.807) is 24.3 Å². The maximum Gasteiger partial charge on any atom is 0.309 e. The van der Waals surface area contributed by atoms with Gasteiger partial charge in [-0.05, 0) is 11.6 Å². The van der Waals surface area contributed by atoms with Crippen molar-refractivity contribution >= 4 is 50.5 Å². The number of carbonyl (C=O) groups is 1. The van der Waals surface area contributed by atoms with E-state index in [1.807, 2.05) is 30.3 Å². The Bertz CT molecular complexity index is 1400. The highest BCUT2D eigenvalue weighted by Gasteiger charge is 2.17. The lowest BCUT2D eigenvalue weighted by Gasteiger charge is -2.14. The SMILES string of the molecule is NC(=O)Cn1c(=O)c2ccccc2c2sc(=O)n(Cc3ccccc3)c(=S)c21. The van der Waals surface area contributed by atoms with Crippen LogP contribution in [0.15, 0.2) is 64.2 Å². The Morgan fingerprint density at radius 3 is 2.29 bits per heavy atom. The van der Waals surface area contributed by atoms with Gasteiger partial charge in [0.1, 0.15) is 11.2 Å². The molecule has 0 saturated carbocycles. The third-order valence-corrected chi connectivity index (χ3v) is 5.91. The van der Waals surface area contributed by atoms with Crippen LogP contribution in [0.3, 0.4) is 0 Å². The standard InChI is InChI=1S/C20H15N3O3S2/c21-15(24)11-22-16-17(13-8-4-5-9-14(13)18(22)25)28-20(26)23(19(16)27)10-12-6-2-1-3-7-12/h1-9H,10-11H2,(H2,21,24). The van der Waals surface area contributed by atoms with Crippen molar-refractivity contribution < 1.29 is 4.79 Å². The van der Waals surface area contributed by atoms with Gasteiger partial charge in [-0.3, -0.25) is 23.5 Å². The molecule has 6 nitrogen and oxygen atoms in total. The molecule has 0 bridgehead atoms. The first-order chi connectivity index (χ1) is 13.5. The maximum absolute atomic E-state index is 13.0. The van der Waals surface area contributed by atoms with Crippen LogP contribution in [0.4, 0.5) is 0 Å². The van der Waals surface area contributed by atoms with E-state index < -0.39 is 5.91 Å². The fraction of sp³-hybridized carbons (Fsp3) is 0.100. The number of hydrogen-bond acceptors (Lipinski definition) is 5. The van der Waals surface area contributed by atoms with Crippen LogP contribution in [0.5, 0.6) is 0 Å². The first-order valence-corrected chi connectivity index (χ1v) is 9.71. The summed E-state index contributed by atoms with van der Waals surface area (Å²) in [6.07, 6.45) is 0. The van der Waals surface area contributed by atoms with Gasteiger partial charge < -0.3 is 5.73 Å². The van der Waals surface area contributed by atoms with Gasteiger partial charge in [-0.15, -0.1) is 0 Å². The van der Waals surface area contributed by atoms with Crippen LogP contribution < -0.4 is 16.2 Å². The zero-order valence-electron chi connectivity index (χ0n) is 14.6. The number of nitrogens with zero attached hydrogens (tertiary/aromatic N) is 2. The van der Waals surface area contributed by atoms with Gasteiger partial charge in [0.25, 0.3) is 5.56 Å². The zero-order chi connectivity index (χ0) is 19.8. The van der Waals surface area contributed by atoms with Crippen LogP contribution in [-0.4, -0.2) is 15.0 Å². The molecule has 1 amide bonds. The smallest absolute Gasteiger partial charge is 0.309 e. The summed E-state index contributed by atoms with van der Waals surface area (Å²) in [5, 5.41) is 1.06. The molecule has 28 heavy (non-hydrogen) atoms. The quantitative estimate of drug-likeness (QED) is 0.415. The van der Waals surface area contributed by atoms with Crippen molar-refractivity contribution in [2.75, 3.05) is 0 Å². The second kappa shape index (κ2) is 7.14. The molecule has 8 heteroatoms. The summed E-state index contributed by atoms with van der Waals surface area (Å²) in [6, 6.07) is 16.4. The summed E-state index contributed by atoms with van der Waals surface area (Å²) in [5.41, 5.74) is 6.31. The second-order valence-corrected chi connectivity index (χ2v) is 7.67. The molecular formula is C20H15N3O3S2. The molecule has 0 atom stereocenters. The van der Waals surface area contributed by atoms with Gasteiger partial charge in [-0.1, -0.05) is 72.1 Å². The van der Waals surface area contributed by atoms with E-state index in [4.69, 9.17) is 18.0 Å². The third kappa shape index (κ3) is 3.06. The van der Waals surface area contributed by atoms with Crippen LogP contribution in [0.1, 0.15) is 5.56 Å². The number of rotatable bonds is 4. The average molecular weight is 409 g/mol. The van der Waals surface area contributed by atoms with E-state index in [2.05, 4.69) is 0 Å². The molecule has 2 N–H and O–H groups in total. The molecule has 2 heterocycles. The highest BCUT2D eigenvalue weighted by molar-refractivity contribution is 7.71. The van der Waals surface area contributed by atoms with Gasteiger partial charge in [-0.25, -0.2) is 0 Å². The molecule has 2 aromatic carbocycles. The second-order valence-electron chi connectivity index (χ2n) is 6.33. The summed E-state index contributed by atoms with van der Waals surface area (Å²) in [7, 11) is 0. The molecule has 0 aliphatic carbocycles. The number of carbonyl (C=O) groups excluding carboxylic acids is 1. The first kappa shape index (κ1) is 18.3. The highest BCUT2D eigenvalue weighted by atomic mass is 32.1. The Balaban J connectivity index is 2.13. The molecule has 4 aromatic rings. The molecule has 0 spiro atoms. The predicted octanol–water partition coefficient (Wildman–Crippen LogP) is 2.64. The van der Waals surface area contributed by atoms with E-state index in [0.29, 0.717) is 21.0 Å². The lowest BCUT2D eigenvalue weighted by atomic mass is 10.1. The van der Waals surface area contributed by atoms with Gasteiger partial charge in [0, 0.05) is 10.8 Å². The predicted molar refractivity (Wildman–Crippen MR) is 113 cm³/mol. The molecule has 4 rings (SSSR count). The molecule has 2 aromatic heterocycles. The van der Waals surface area contributed by atoms with E-state index in [9.17, 15) is 14.4 Å². The maximum atomic E-state index is 13.0. The van der Waals surface area contributed by atoms with Crippen molar-refractivity contribution in [3.05, 3.63) is 84.8 Å². The molecule has 0 aliphatic rings. The molecule has 0 unspecified atom stereocenters. The molecule has 0 aliphatic heterocycles. The summed E-state index contributed by atoms with van der Waals surface area (Å²) in [5.74, 6) is -0.654. The van der Waals surface area contributed by atoms with Crippen molar-refractivity contribution in [2.45, 2.75) is 13.1 Å². The van der Waals surface area contributed by atoms with Gasteiger partial charge in [0.15, 0.2) is 0 Å². The minimum atomic E-state index is -0.654. The molecular weight excluding hydrogens is 394 g/mol. The van der Waals surface area contributed by atoms with Crippen LogP contribution in [0, 0.1) is 4.64 Å². The minimum Gasteiger partial charge on any atom is -0.368 e. The summed E-state index contributed by atoms with van der Waals surface area (Å²) in [6.45, 7) is -0.0252. The summed E-state index contributed by atoms with van der Waals surface area (Å²) < 4.78 is 3.52. The van der Waals surface area contributed by atoms with Crippen molar-refractivity contribution in [3.63, 3.8) is 0 Å². The normalized spacial score (nSPS) is 11.1. The number of hydrogen-bond donors (Lipinski definition) is 1. The van der Waals surface area contributed by atoms with E-state index in [1.165, 1.54) is 9.13 Å². The average Bonchev–Trinajstić information content (AvgIpc) is 2.69. The number of pyridine rings is 1. The van der Waals surface area contributed by atoms with Crippen LogP contribution in [0.25, 0.3) is 21.0 Å². The Kier molecular flexibility index (Phi) is 4.66. The molecule has 0 fully saturated rings. The summed E-state index contributed by atoms with van der Waals surface area (Å²) in [4.78, 5) is 37.3. The van der Waals surface area contributed by atoms with Crippen LogP contribution in [-0.2, 0) is 17.9 Å². The number of primary amides is 1. The van der Waals surface area contributed by atoms with Crippen molar-refractivity contribution in [3.8, 4) is 0 Å². The lowest BCUT2D eigenvalue weighted by Crippen LogP contribution is -2.30. The topological polar surface area (TPSA) is 87.1 Å². The molecule has 0 radical (unpaired) electrons. The number of benzene rings is 2. The molecule has 140 valence electrons. The first-order valence-electron chi connectivity index (χ1n) is 8.49. The van der Waals surface area contributed by atoms with E-state index in [0.717, 1.165) is 16.9 Å². The van der Waals surface area contributed by atoms with Gasteiger partial charge >= 0.3 is 4.87 Å². The van der Waals surface area contributed by atoms with Crippen molar-refractivity contribution in [1.29, 1.82) is 0 Å². The third-order valence-electron chi connectivity index (χ3n) is 4.49. The van der Waals surface area contributed by atoms with Gasteiger partial charge in [-0.2, -0.15) is 0 Å². The number of aromatic nitrogens is 2. The molecule has 0 saturated heterocycles. The van der Waals surface area contributed by atoms with Crippen LogP contribution in [0.2, 0.25) is 0 Å². The van der Waals surface area contributed by atoms with Crippen molar-refractivity contribution in [1.82, 2.24) is 9.13 Å². The number of nitrogens with two attached hydrogens (primary N) is 1. The number of amides is 1. The van der Waals surface area contributed by atoms with Crippen LogP contribution >= 0.6 is 23.6 Å². The van der Waals surface area contributed by atoms with E-state index in [-0.39, 0.29) is 28.2 Å². The largest absolute Gasteiger partial charge is 0.368 e. The zero-order valence-corrected chi connectivity index (χ0v) is 16.3. The van der Waals surface area contributed by atoms with Gasteiger partial charge in [0.05, 0.1) is 16.8 Å². The Morgan fingerprint density at radius 2 is 1.61 bits per heavy atom. The van der Waals surface area contributed by atoms with E-state index >= 15 is 0 Å². The Morgan fingerprint density at radius 1 is 0.964 bits per heavy atom.